The van der Waals surface area contributed by atoms with Crippen molar-refractivity contribution in [2.24, 2.45) is 4.40 Å². The van der Waals surface area contributed by atoms with Crippen LogP contribution in [0.15, 0.2) is 57.8 Å². The molecule has 1 saturated heterocycles. The van der Waals surface area contributed by atoms with Crippen LogP contribution in [0.2, 0.25) is 0 Å². The van der Waals surface area contributed by atoms with Gasteiger partial charge in [0.1, 0.15) is 10.9 Å². The largest absolute Gasteiger partial charge is 0.343 e. The molecule has 3 aromatic rings. The van der Waals surface area contributed by atoms with E-state index in [1.54, 1.807) is 29.2 Å². The predicted molar refractivity (Wildman–Crippen MR) is 120 cm³/mol. The lowest BCUT2D eigenvalue weighted by atomic mass is 10.1. The highest BCUT2D eigenvalue weighted by molar-refractivity contribution is 7.90. The summed E-state index contributed by atoms with van der Waals surface area (Å²) in [4.78, 5) is 15.2. The molecule has 1 aromatic heterocycles. The SMILES string of the molecule is O=C(Nc1cccc(-c2nnnn2C2CC2)c1)[C@@H]1CCCN1C1=NS(=O)(=O)c2ccccc21. The Morgan fingerprint density at radius 3 is 2.76 bits per heavy atom. The number of likely N-dealkylation sites (tertiary alicyclic amines) is 1. The van der Waals surface area contributed by atoms with Crippen LogP contribution in [-0.4, -0.2) is 57.9 Å². The Bertz CT molecular complexity index is 1390. The number of tetrazole rings is 1. The number of hydrogen-bond acceptors (Lipinski definition) is 7. The molecule has 0 spiro atoms. The molecule has 1 saturated carbocycles. The molecule has 6 rings (SSSR count). The number of amidine groups is 1. The summed E-state index contributed by atoms with van der Waals surface area (Å²) < 4.78 is 30.8. The van der Waals surface area contributed by atoms with Crippen molar-refractivity contribution in [3.8, 4) is 11.4 Å². The molecular formula is C22H21N7O3S. The van der Waals surface area contributed by atoms with Gasteiger partial charge in [0, 0.05) is 23.4 Å². The number of hydrogen-bond donors (Lipinski definition) is 1. The zero-order valence-electron chi connectivity index (χ0n) is 17.6. The van der Waals surface area contributed by atoms with Gasteiger partial charge in [0.2, 0.25) is 5.91 Å². The van der Waals surface area contributed by atoms with Crippen molar-refractivity contribution in [3.63, 3.8) is 0 Å². The first kappa shape index (κ1) is 20.0. The van der Waals surface area contributed by atoms with Gasteiger partial charge < -0.3 is 10.2 Å². The maximum absolute atomic E-state index is 13.2. The molecule has 33 heavy (non-hydrogen) atoms. The summed E-state index contributed by atoms with van der Waals surface area (Å²) in [6, 6.07) is 14.0. The standard InChI is InChI=1S/C22H21N7O3S/c30-22(23-15-6-3-5-14(13-15)20-24-26-27-29(20)16-10-11-16)18-8-4-12-28(18)21-17-7-1-2-9-19(17)33(31,32)25-21/h1-3,5-7,9,13,16,18H,4,8,10-12H2,(H,23,30)/t18-/m0/s1. The lowest BCUT2D eigenvalue weighted by molar-refractivity contribution is -0.119. The molecule has 10 nitrogen and oxygen atoms in total. The number of carbonyl (C=O) groups excluding carboxylic acids is 1. The molecule has 1 atom stereocenters. The van der Waals surface area contributed by atoms with E-state index < -0.39 is 16.1 Å². The number of benzene rings is 2. The Morgan fingerprint density at radius 2 is 1.91 bits per heavy atom. The number of aromatic nitrogens is 4. The quantitative estimate of drug-likeness (QED) is 0.629. The fourth-order valence-corrected chi connectivity index (χ4v) is 5.72. The molecule has 168 valence electrons. The zero-order chi connectivity index (χ0) is 22.6. The van der Waals surface area contributed by atoms with Gasteiger partial charge in [0.25, 0.3) is 10.0 Å². The van der Waals surface area contributed by atoms with Crippen molar-refractivity contribution in [3.05, 3.63) is 54.1 Å². The minimum atomic E-state index is -3.74. The van der Waals surface area contributed by atoms with E-state index in [1.807, 2.05) is 28.9 Å². The lowest BCUT2D eigenvalue weighted by Gasteiger charge is -2.25. The first-order chi connectivity index (χ1) is 16.0. The monoisotopic (exact) mass is 463 g/mol. The zero-order valence-corrected chi connectivity index (χ0v) is 18.4. The summed E-state index contributed by atoms with van der Waals surface area (Å²) in [6.45, 7) is 0.566. The average molecular weight is 464 g/mol. The van der Waals surface area contributed by atoms with Gasteiger partial charge in [0.15, 0.2) is 11.7 Å². The summed E-state index contributed by atoms with van der Waals surface area (Å²) in [6.07, 6.45) is 3.52. The normalized spacial score (nSPS) is 21.0. The molecule has 11 heteroatoms. The smallest absolute Gasteiger partial charge is 0.285 e. The summed E-state index contributed by atoms with van der Waals surface area (Å²) in [5.74, 6) is 0.828. The van der Waals surface area contributed by atoms with Crippen molar-refractivity contribution < 1.29 is 13.2 Å². The molecule has 0 unspecified atom stereocenters. The number of rotatable bonds is 4. The highest BCUT2D eigenvalue weighted by Gasteiger charge is 2.39. The molecule has 0 bridgehead atoms. The van der Waals surface area contributed by atoms with Crippen LogP contribution in [0.4, 0.5) is 5.69 Å². The van der Waals surface area contributed by atoms with Crippen LogP contribution in [0.1, 0.15) is 37.3 Å². The maximum atomic E-state index is 13.2. The minimum Gasteiger partial charge on any atom is -0.343 e. The van der Waals surface area contributed by atoms with E-state index in [0.29, 0.717) is 41.9 Å². The maximum Gasteiger partial charge on any atom is 0.285 e. The summed E-state index contributed by atoms with van der Waals surface area (Å²) in [5, 5.41) is 15.0. The molecule has 1 aliphatic carbocycles. The third-order valence-electron chi connectivity index (χ3n) is 6.21. The van der Waals surface area contributed by atoms with Crippen LogP contribution in [-0.2, 0) is 14.8 Å². The molecule has 3 heterocycles. The number of carbonyl (C=O) groups is 1. The van der Waals surface area contributed by atoms with E-state index in [2.05, 4.69) is 25.2 Å². The summed E-state index contributed by atoms with van der Waals surface area (Å²) >= 11 is 0. The van der Waals surface area contributed by atoms with E-state index in [4.69, 9.17) is 0 Å². The van der Waals surface area contributed by atoms with Crippen LogP contribution >= 0.6 is 0 Å². The van der Waals surface area contributed by atoms with Crippen LogP contribution in [0.25, 0.3) is 11.4 Å². The molecule has 2 aliphatic heterocycles. The molecule has 0 radical (unpaired) electrons. The molecule has 2 aromatic carbocycles. The van der Waals surface area contributed by atoms with Gasteiger partial charge in [-0.1, -0.05) is 24.3 Å². The Kier molecular flexibility index (Phi) is 4.54. The predicted octanol–water partition coefficient (Wildman–Crippen LogP) is 2.23. The fraction of sp³-hybridized carbons (Fsp3) is 0.318. The Hall–Kier alpha value is -3.60. The van der Waals surface area contributed by atoms with Gasteiger partial charge in [-0.15, -0.1) is 9.50 Å². The van der Waals surface area contributed by atoms with Crippen LogP contribution < -0.4 is 5.32 Å². The molecular weight excluding hydrogens is 442 g/mol. The number of anilines is 1. The van der Waals surface area contributed by atoms with E-state index in [0.717, 1.165) is 24.8 Å². The van der Waals surface area contributed by atoms with Crippen molar-refractivity contribution >= 4 is 27.5 Å². The van der Waals surface area contributed by atoms with Crippen molar-refractivity contribution in [2.75, 3.05) is 11.9 Å². The molecule has 3 aliphatic rings. The molecule has 1 amide bonds. The van der Waals surface area contributed by atoms with Gasteiger partial charge in [-0.2, -0.15) is 8.42 Å². The molecule has 2 fully saturated rings. The third-order valence-corrected chi connectivity index (χ3v) is 7.54. The van der Waals surface area contributed by atoms with E-state index in [-0.39, 0.29) is 10.8 Å². The topological polar surface area (TPSA) is 122 Å². The summed E-state index contributed by atoms with van der Waals surface area (Å²) in [7, 11) is -3.74. The highest BCUT2D eigenvalue weighted by atomic mass is 32.2. The number of sulfonamides is 1. The second kappa shape index (κ2) is 7.48. The Morgan fingerprint density at radius 1 is 1.06 bits per heavy atom. The van der Waals surface area contributed by atoms with Gasteiger partial charge in [0.05, 0.1) is 6.04 Å². The Balaban J connectivity index is 1.25. The fourth-order valence-electron chi connectivity index (χ4n) is 4.50. The Labute approximate surface area is 190 Å². The van der Waals surface area contributed by atoms with E-state index in [1.165, 1.54) is 0 Å². The highest BCUT2D eigenvalue weighted by Crippen LogP contribution is 2.37. The van der Waals surface area contributed by atoms with E-state index >= 15 is 0 Å². The van der Waals surface area contributed by atoms with Crippen LogP contribution in [0.3, 0.4) is 0 Å². The first-order valence-corrected chi connectivity index (χ1v) is 12.4. The number of amides is 1. The number of nitrogens with one attached hydrogen (secondary N) is 1. The minimum absolute atomic E-state index is 0.187. The third kappa shape index (κ3) is 3.48. The lowest BCUT2D eigenvalue weighted by Crippen LogP contribution is -2.43. The van der Waals surface area contributed by atoms with Crippen molar-refractivity contribution in [1.82, 2.24) is 25.1 Å². The summed E-state index contributed by atoms with van der Waals surface area (Å²) in [5.41, 5.74) is 2.01. The van der Waals surface area contributed by atoms with E-state index in [9.17, 15) is 13.2 Å². The molecule has 1 N–H and O–H groups in total. The van der Waals surface area contributed by atoms with Gasteiger partial charge in [-0.05, 0) is 60.4 Å². The second-order valence-corrected chi connectivity index (χ2v) is 10.1. The number of fused-ring (bicyclic) bond motifs is 1. The van der Waals surface area contributed by atoms with Crippen LogP contribution in [0.5, 0.6) is 0 Å². The number of nitrogens with zero attached hydrogens (tertiary/aromatic N) is 6. The second-order valence-electron chi connectivity index (χ2n) is 8.49. The van der Waals surface area contributed by atoms with Crippen molar-refractivity contribution in [2.45, 2.75) is 42.7 Å². The van der Waals surface area contributed by atoms with Gasteiger partial charge in [-0.25, -0.2) is 4.68 Å². The first-order valence-electron chi connectivity index (χ1n) is 10.9. The average Bonchev–Trinajstić information content (AvgIpc) is 3.23. The van der Waals surface area contributed by atoms with Crippen molar-refractivity contribution in [1.29, 1.82) is 0 Å². The van der Waals surface area contributed by atoms with Gasteiger partial charge in [-0.3, -0.25) is 4.79 Å². The van der Waals surface area contributed by atoms with Gasteiger partial charge >= 0.3 is 0 Å². The van der Waals surface area contributed by atoms with Crippen LogP contribution in [0, 0.1) is 0 Å².